The number of hydrogen-bond acceptors (Lipinski definition) is 2. The van der Waals surface area contributed by atoms with E-state index < -0.39 is 6.17 Å². The molecular weight excluding hydrogens is 395 g/mol. The van der Waals surface area contributed by atoms with Crippen molar-refractivity contribution in [2.45, 2.75) is 12.7 Å². The van der Waals surface area contributed by atoms with Gasteiger partial charge in [-0.05, 0) is 29.8 Å². The highest BCUT2D eigenvalue weighted by atomic mass is 79.9. The third kappa shape index (κ3) is 3.10. The van der Waals surface area contributed by atoms with Crippen LogP contribution in [0, 0.1) is 5.82 Å². The number of anilines is 1. The number of fused-ring (bicyclic) bond motifs is 1. The van der Waals surface area contributed by atoms with Crippen LogP contribution in [0.3, 0.4) is 0 Å². The largest absolute Gasteiger partial charge is 0.359 e. The van der Waals surface area contributed by atoms with E-state index in [9.17, 15) is 9.18 Å². The summed E-state index contributed by atoms with van der Waals surface area (Å²) < 4.78 is 15.0. The summed E-state index contributed by atoms with van der Waals surface area (Å²) in [5, 5.41) is 3.20. The molecule has 0 saturated carbocycles. The Labute approximate surface area is 159 Å². The van der Waals surface area contributed by atoms with Crippen molar-refractivity contribution in [3.8, 4) is 0 Å². The number of carbonyl (C=O) groups excluding carboxylic acids is 1. The van der Waals surface area contributed by atoms with Gasteiger partial charge in [0.2, 0.25) is 0 Å². The summed E-state index contributed by atoms with van der Waals surface area (Å²) in [7, 11) is 0. The van der Waals surface area contributed by atoms with Crippen LogP contribution < -0.4 is 5.32 Å². The molecule has 1 atom stereocenters. The molecule has 3 aromatic rings. The van der Waals surface area contributed by atoms with Gasteiger partial charge >= 0.3 is 0 Å². The van der Waals surface area contributed by atoms with E-state index >= 15 is 0 Å². The highest BCUT2D eigenvalue weighted by Gasteiger charge is 2.36. The summed E-state index contributed by atoms with van der Waals surface area (Å²) in [5.41, 5.74) is 2.90. The fourth-order valence-electron chi connectivity index (χ4n) is 3.22. The molecule has 0 aliphatic carbocycles. The maximum absolute atomic E-state index is 14.3. The van der Waals surface area contributed by atoms with Gasteiger partial charge in [-0.15, -0.1) is 0 Å². The zero-order valence-electron chi connectivity index (χ0n) is 13.8. The standard InChI is InChI=1S/C21H16BrFN2O/c22-15-10-11-19(18(23)12-15)24-20-16-8-4-5-9-17(16)21(26)25(20)13-14-6-2-1-3-7-14/h1-12,20,24H,13H2. The lowest BCUT2D eigenvalue weighted by atomic mass is 10.1. The van der Waals surface area contributed by atoms with Crippen LogP contribution >= 0.6 is 15.9 Å². The number of nitrogens with one attached hydrogen (secondary N) is 1. The Bertz CT molecular complexity index is 961. The van der Waals surface area contributed by atoms with Crippen LogP contribution in [0.2, 0.25) is 0 Å². The highest BCUT2D eigenvalue weighted by Crippen LogP contribution is 2.36. The Balaban J connectivity index is 1.71. The van der Waals surface area contributed by atoms with Gasteiger partial charge in [0, 0.05) is 22.1 Å². The van der Waals surface area contributed by atoms with E-state index in [1.54, 1.807) is 17.0 Å². The topological polar surface area (TPSA) is 32.3 Å². The average Bonchev–Trinajstić information content (AvgIpc) is 2.91. The molecule has 5 heteroatoms. The Morgan fingerprint density at radius 2 is 1.73 bits per heavy atom. The summed E-state index contributed by atoms with van der Waals surface area (Å²) >= 11 is 3.27. The van der Waals surface area contributed by atoms with E-state index in [-0.39, 0.29) is 11.7 Å². The number of nitrogens with zero attached hydrogens (tertiary/aromatic N) is 1. The first-order valence-corrected chi connectivity index (χ1v) is 9.08. The SMILES string of the molecule is O=C1c2ccccc2C(Nc2ccc(Br)cc2F)N1Cc1ccccc1. The minimum Gasteiger partial charge on any atom is -0.359 e. The summed E-state index contributed by atoms with van der Waals surface area (Å²) in [4.78, 5) is 14.7. The normalized spacial score (nSPS) is 15.8. The summed E-state index contributed by atoms with van der Waals surface area (Å²) in [6.45, 7) is 0.449. The number of rotatable bonds is 4. The Hall–Kier alpha value is -2.66. The molecule has 1 amide bonds. The molecule has 1 aliphatic rings. The molecule has 130 valence electrons. The molecule has 1 N–H and O–H groups in total. The van der Waals surface area contributed by atoms with Gasteiger partial charge in [-0.2, -0.15) is 0 Å². The maximum atomic E-state index is 14.3. The van der Waals surface area contributed by atoms with Crippen molar-refractivity contribution in [1.29, 1.82) is 0 Å². The number of amides is 1. The Kier molecular flexibility index (Phi) is 4.47. The molecule has 1 unspecified atom stereocenters. The lowest BCUT2D eigenvalue weighted by Gasteiger charge is -2.27. The molecule has 0 saturated heterocycles. The van der Waals surface area contributed by atoms with Crippen LogP contribution in [0.15, 0.2) is 77.3 Å². The molecule has 0 bridgehead atoms. The summed E-state index contributed by atoms with van der Waals surface area (Å²) in [5.74, 6) is -0.421. The van der Waals surface area contributed by atoms with Crippen molar-refractivity contribution in [2.24, 2.45) is 0 Å². The summed E-state index contributed by atoms with van der Waals surface area (Å²) in [6, 6.07) is 22.1. The van der Waals surface area contributed by atoms with E-state index in [0.29, 0.717) is 22.3 Å². The fraction of sp³-hybridized carbons (Fsp3) is 0.0952. The number of carbonyl (C=O) groups is 1. The van der Waals surface area contributed by atoms with E-state index in [1.165, 1.54) is 6.07 Å². The molecule has 0 spiro atoms. The van der Waals surface area contributed by atoms with Crippen LogP contribution in [0.1, 0.15) is 27.7 Å². The molecule has 1 heterocycles. The molecule has 0 radical (unpaired) electrons. The Morgan fingerprint density at radius 3 is 2.50 bits per heavy atom. The van der Waals surface area contributed by atoms with Crippen molar-refractivity contribution < 1.29 is 9.18 Å². The van der Waals surface area contributed by atoms with Crippen molar-refractivity contribution in [1.82, 2.24) is 4.90 Å². The van der Waals surface area contributed by atoms with E-state index in [0.717, 1.165) is 11.1 Å². The fourth-order valence-corrected chi connectivity index (χ4v) is 3.56. The monoisotopic (exact) mass is 410 g/mol. The van der Waals surface area contributed by atoms with Gasteiger partial charge in [-0.25, -0.2) is 4.39 Å². The van der Waals surface area contributed by atoms with Gasteiger partial charge < -0.3 is 10.2 Å². The Morgan fingerprint density at radius 1 is 1.00 bits per heavy atom. The van der Waals surface area contributed by atoms with Gasteiger partial charge in [0.1, 0.15) is 12.0 Å². The van der Waals surface area contributed by atoms with Gasteiger partial charge in [0.25, 0.3) is 5.91 Å². The van der Waals surface area contributed by atoms with Crippen LogP contribution in [0.25, 0.3) is 0 Å². The second kappa shape index (κ2) is 6.92. The third-order valence-electron chi connectivity index (χ3n) is 4.48. The molecule has 0 aromatic heterocycles. The molecule has 3 aromatic carbocycles. The predicted molar refractivity (Wildman–Crippen MR) is 103 cm³/mol. The first-order valence-electron chi connectivity index (χ1n) is 8.29. The van der Waals surface area contributed by atoms with Gasteiger partial charge in [-0.1, -0.05) is 64.5 Å². The van der Waals surface area contributed by atoms with Gasteiger partial charge in [0.15, 0.2) is 0 Å². The summed E-state index contributed by atoms with van der Waals surface area (Å²) in [6.07, 6.45) is -0.422. The minimum absolute atomic E-state index is 0.0560. The van der Waals surface area contributed by atoms with Gasteiger partial charge in [0.05, 0.1) is 5.69 Å². The molecule has 0 fully saturated rings. The first kappa shape index (κ1) is 16.8. The smallest absolute Gasteiger partial charge is 0.256 e. The quantitative estimate of drug-likeness (QED) is 0.628. The van der Waals surface area contributed by atoms with Crippen LogP contribution in [0.4, 0.5) is 10.1 Å². The number of benzene rings is 3. The van der Waals surface area contributed by atoms with E-state index in [4.69, 9.17) is 0 Å². The lowest BCUT2D eigenvalue weighted by Crippen LogP contribution is -2.32. The van der Waals surface area contributed by atoms with Crippen molar-refractivity contribution in [3.63, 3.8) is 0 Å². The average molecular weight is 411 g/mol. The van der Waals surface area contributed by atoms with Crippen molar-refractivity contribution in [2.75, 3.05) is 5.32 Å². The molecular formula is C21H16BrFN2O. The van der Waals surface area contributed by atoms with Crippen LogP contribution in [-0.2, 0) is 6.54 Å². The van der Waals surface area contributed by atoms with E-state index in [2.05, 4.69) is 21.2 Å². The molecule has 26 heavy (non-hydrogen) atoms. The third-order valence-corrected chi connectivity index (χ3v) is 4.97. The zero-order chi connectivity index (χ0) is 18.1. The first-order chi connectivity index (χ1) is 12.6. The predicted octanol–water partition coefficient (Wildman–Crippen LogP) is 5.35. The number of hydrogen-bond donors (Lipinski definition) is 1. The molecule has 4 rings (SSSR count). The maximum Gasteiger partial charge on any atom is 0.256 e. The van der Waals surface area contributed by atoms with Crippen LogP contribution in [-0.4, -0.2) is 10.8 Å². The van der Waals surface area contributed by atoms with Crippen molar-refractivity contribution >= 4 is 27.5 Å². The van der Waals surface area contributed by atoms with Crippen molar-refractivity contribution in [3.05, 3.63) is 99.8 Å². The van der Waals surface area contributed by atoms with E-state index in [1.807, 2.05) is 54.6 Å². The van der Waals surface area contributed by atoms with Gasteiger partial charge in [-0.3, -0.25) is 4.79 Å². The number of halogens is 2. The van der Waals surface area contributed by atoms with Crippen LogP contribution in [0.5, 0.6) is 0 Å². The highest BCUT2D eigenvalue weighted by molar-refractivity contribution is 9.10. The molecule has 3 nitrogen and oxygen atoms in total. The minimum atomic E-state index is -0.422. The lowest BCUT2D eigenvalue weighted by molar-refractivity contribution is 0.0728. The second-order valence-corrected chi connectivity index (χ2v) is 7.09. The second-order valence-electron chi connectivity index (χ2n) is 6.18. The zero-order valence-corrected chi connectivity index (χ0v) is 15.4. The molecule has 1 aliphatic heterocycles.